The molecule has 2 heterocycles. The first kappa shape index (κ1) is 34.5. The van der Waals surface area contributed by atoms with Crippen LogP contribution in [0.4, 0.5) is 0 Å². The number of dihydropyridines is 1. The number of benzene rings is 1. The third-order valence-electron chi connectivity index (χ3n) is 10.5. The summed E-state index contributed by atoms with van der Waals surface area (Å²) in [5, 5.41) is 46.3. The molecule has 2 aromatic rings. The molecular weight excluding hydrogens is 598 g/mol. The van der Waals surface area contributed by atoms with Crippen LogP contribution < -0.4 is 15.8 Å². The molecule has 0 radical (unpaired) electrons. The third kappa shape index (κ3) is 7.35. The molecule has 3 aliphatic rings. The monoisotopic (exact) mass is 647 g/mol. The van der Waals surface area contributed by atoms with Crippen LogP contribution in [0.3, 0.4) is 0 Å². The Hall–Kier alpha value is -3.86. The molecule has 0 unspecified atom stereocenters. The smallest absolute Gasteiger partial charge is 0.170 e. The number of phenolic OH excluding ortho intramolecular Hbond substituents is 1. The predicted molar refractivity (Wildman–Crippen MR) is 179 cm³/mol. The van der Waals surface area contributed by atoms with E-state index < -0.39 is 29.0 Å². The molecule has 254 valence electrons. The quantitative estimate of drug-likeness (QED) is 0.142. The lowest BCUT2D eigenvalue weighted by molar-refractivity contribution is -0.138. The Morgan fingerprint density at radius 1 is 1.11 bits per heavy atom. The Balaban J connectivity index is 1.36. The summed E-state index contributed by atoms with van der Waals surface area (Å²) < 4.78 is 5.57. The molecule has 1 saturated carbocycles. The zero-order valence-corrected chi connectivity index (χ0v) is 27.3. The topological polar surface area (TPSA) is 178 Å². The zero-order chi connectivity index (χ0) is 33.6. The summed E-state index contributed by atoms with van der Waals surface area (Å²) in [7, 11) is 1.45. The van der Waals surface area contributed by atoms with Gasteiger partial charge in [-0.2, -0.15) is 0 Å². The molecule has 2 aliphatic carbocycles. The maximum absolute atomic E-state index is 13.0. The van der Waals surface area contributed by atoms with Crippen LogP contribution in [-0.4, -0.2) is 69.9 Å². The van der Waals surface area contributed by atoms with E-state index in [9.17, 15) is 30.0 Å². The molecule has 0 bridgehead atoms. The van der Waals surface area contributed by atoms with Crippen molar-refractivity contribution >= 4 is 11.6 Å². The van der Waals surface area contributed by atoms with Gasteiger partial charge in [-0.3, -0.25) is 9.59 Å². The first-order valence-electron chi connectivity index (χ1n) is 16.8. The lowest BCUT2D eigenvalue weighted by Gasteiger charge is -2.43. The predicted octanol–water partition coefficient (Wildman–Crippen LogP) is 3.85. The number of nitrogens with two attached hydrogens (primary N) is 1. The number of aliphatic hydroxyl groups excluding tert-OH is 3. The highest BCUT2D eigenvalue weighted by Crippen LogP contribution is 2.54. The summed E-state index contributed by atoms with van der Waals surface area (Å²) in [6.07, 6.45) is 13.1. The van der Waals surface area contributed by atoms with Gasteiger partial charge in [0.15, 0.2) is 29.2 Å². The van der Waals surface area contributed by atoms with Crippen LogP contribution in [0.25, 0.3) is 0 Å². The van der Waals surface area contributed by atoms with Crippen molar-refractivity contribution in [1.29, 1.82) is 0 Å². The minimum absolute atomic E-state index is 0.0710. The van der Waals surface area contributed by atoms with Crippen molar-refractivity contribution in [2.45, 2.75) is 82.7 Å². The second-order valence-electron chi connectivity index (χ2n) is 13.5. The second-order valence-corrected chi connectivity index (χ2v) is 13.5. The van der Waals surface area contributed by atoms with Crippen molar-refractivity contribution < 1.29 is 34.8 Å². The summed E-state index contributed by atoms with van der Waals surface area (Å²) in [5.74, 6) is -0.917. The molecule has 1 aromatic carbocycles. The molecule has 0 spiro atoms. The van der Waals surface area contributed by atoms with E-state index >= 15 is 0 Å². The third-order valence-corrected chi connectivity index (χ3v) is 10.5. The number of allylic oxidation sites excluding steroid dienone is 3. The largest absolute Gasteiger partial charge is 0.504 e. The van der Waals surface area contributed by atoms with Gasteiger partial charge in [0.2, 0.25) is 0 Å². The van der Waals surface area contributed by atoms with Crippen molar-refractivity contribution in [2.75, 3.05) is 26.9 Å². The van der Waals surface area contributed by atoms with Crippen LogP contribution in [0.5, 0.6) is 11.5 Å². The Morgan fingerprint density at radius 2 is 1.87 bits per heavy atom. The molecule has 1 aromatic heterocycles. The van der Waals surface area contributed by atoms with Crippen LogP contribution >= 0.6 is 0 Å². The average Bonchev–Trinajstić information content (AvgIpc) is 3.60. The van der Waals surface area contributed by atoms with Crippen LogP contribution in [0, 0.1) is 10.8 Å². The standard InChI is InChI=1S/C37H49N3O7/c1-47-31-20-24(9-10-30(44)34(46)29(43)8-5-15-36(22-41)13-3-2-4-14-36)19-28(33(31)45)32-26-12-18-40-35(38)27(26)11-16-37(32,23-42)21-25-7-6-17-39-25/h6-7,11-12,16-17,19-20,32,34,39-42,45-46H,2-5,8-10,13-15,18,21-23,38H2,1H3/t32-,34+,37-/m0/s1. The number of ether oxygens (including phenoxy) is 1. The fourth-order valence-corrected chi connectivity index (χ4v) is 7.77. The number of nitrogens with one attached hydrogen (secondary N) is 2. The summed E-state index contributed by atoms with van der Waals surface area (Å²) in [5.41, 5.74) is 9.13. The number of hydrogen-bond donors (Lipinski definition) is 7. The van der Waals surface area contributed by atoms with Crippen molar-refractivity contribution in [3.05, 3.63) is 82.5 Å². The number of rotatable bonds is 15. The van der Waals surface area contributed by atoms with Gasteiger partial charge in [-0.05, 0) is 73.3 Å². The van der Waals surface area contributed by atoms with Gasteiger partial charge in [0.1, 0.15) is 5.82 Å². The zero-order valence-electron chi connectivity index (χ0n) is 27.3. The van der Waals surface area contributed by atoms with Crippen LogP contribution in [0.1, 0.15) is 80.5 Å². The van der Waals surface area contributed by atoms with E-state index in [1.165, 1.54) is 7.11 Å². The van der Waals surface area contributed by atoms with Gasteiger partial charge in [-0.15, -0.1) is 0 Å². The van der Waals surface area contributed by atoms with Gasteiger partial charge in [0.05, 0.1) is 13.7 Å². The Bertz CT molecular complexity index is 1520. The summed E-state index contributed by atoms with van der Waals surface area (Å²) in [6, 6.07) is 7.33. The van der Waals surface area contributed by atoms with Gasteiger partial charge in [-0.1, -0.05) is 43.6 Å². The number of aliphatic hydroxyl groups is 3. The minimum Gasteiger partial charge on any atom is -0.504 e. The van der Waals surface area contributed by atoms with Crippen molar-refractivity contribution in [3.8, 4) is 11.5 Å². The number of ketones is 2. The number of phenols is 1. The number of aromatic nitrogens is 1. The lowest BCUT2D eigenvalue weighted by Crippen LogP contribution is -2.40. The number of H-pyrrole nitrogens is 1. The van der Waals surface area contributed by atoms with E-state index in [-0.39, 0.29) is 49.4 Å². The van der Waals surface area contributed by atoms with Gasteiger partial charge in [0.25, 0.3) is 0 Å². The molecule has 0 saturated heterocycles. The Kier molecular flexibility index (Phi) is 10.9. The Labute approximate surface area is 276 Å². The van der Waals surface area contributed by atoms with Crippen molar-refractivity contribution in [2.24, 2.45) is 16.6 Å². The summed E-state index contributed by atoms with van der Waals surface area (Å²) in [6.45, 7) is 0.365. The fourth-order valence-electron chi connectivity index (χ4n) is 7.77. The molecule has 1 fully saturated rings. The number of carbonyl (C=O) groups is 2. The van der Waals surface area contributed by atoms with Gasteiger partial charge in [0, 0.05) is 60.4 Å². The summed E-state index contributed by atoms with van der Waals surface area (Å²) >= 11 is 0. The molecule has 8 N–H and O–H groups in total. The first-order valence-corrected chi connectivity index (χ1v) is 16.8. The molecule has 10 nitrogen and oxygen atoms in total. The minimum atomic E-state index is -1.70. The highest BCUT2D eigenvalue weighted by Gasteiger charge is 2.45. The van der Waals surface area contributed by atoms with E-state index in [1.807, 2.05) is 42.6 Å². The molecule has 5 rings (SSSR count). The van der Waals surface area contributed by atoms with E-state index in [0.29, 0.717) is 42.8 Å². The van der Waals surface area contributed by atoms with E-state index in [1.54, 1.807) is 6.07 Å². The maximum atomic E-state index is 13.0. The van der Waals surface area contributed by atoms with E-state index in [0.717, 1.165) is 48.9 Å². The number of hydrogen-bond acceptors (Lipinski definition) is 9. The van der Waals surface area contributed by atoms with Gasteiger partial charge in [-0.25, -0.2) is 0 Å². The number of fused-ring (bicyclic) bond motifs is 1. The lowest BCUT2D eigenvalue weighted by atomic mass is 9.61. The molecule has 0 amide bonds. The summed E-state index contributed by atoms with van der Waals surface area (Å²) in [4.78, 5) is 29.0. The molecule has 10 heteroatoms. The van der Waals surface area contributed by atoms with Gasteiger partial charge >= 0.3 is 0 Å². The fraction of sp³-hybridized carbons (Fsp3) is 0.514. The average molecular weight is 648 g/mol. The molecular formula is C37H49N3O7. The SMILES string of the molecule is COc1cc(CCC(=O)[C@H](O)C(=O)CCCC2(CO)CCCCC2)cc([C@@H]2C3=CCNC(N)=C3C=C[C@@]2(CO)Cc2ccc[nH]2)c1O. The first-order chi connectivity index (χ1) is 22.7. The van der Waals surface area contributed by atoms with Crippen molar-refractivity contribution in [1.82, 2.24) is 10.3 Å². The molecule has 47 heavy (non-hydrogen) atoms. The van der Waals surface area contributed by atoms with Crippen LogP contribution in [0.2, 0.25) is 0 Å². The van der Waals surface area contributed by atoms with Gasteiger partial charge < -0.3 is 41.2 Å². The second kappa shape index (κ2) is 14.9. The number of carbonyl (C=O) groups excluding carboxylic acids is 2. The van der Waals surface area contributed by atoms with Crippen LogP contribution in [0.15, 0.2) is 65.7 Å². The molecule has 1 aliphatic heterocycles. The normalized spacial score (nSPS) is 22.6. The number of aromatic hydroxyl groups is 1. The Morgan fingerprint density at radius 3 is 2.55 bits per heavy atom. The highest BCUT2D eigenvalue weighted by molar-refractivity contribution is 6.05. The number of methoxy groups -OCH3 is 1. The maximum Gasteiger partial charge on any atom is 0.170 e. The van der Waals surface area contributed by atoms with Crippen molar-refractivity contribution in [3.63, 3.8) is 0 Å². The molecule has 3 atom stereocenters. The van der Waals surface area contributed by atoms with E-state index in [2.05, 4.69) is 10.3 Å². The van der Waals surface area contributed by atoms with E-state index in [4.69, 9.17) is 10.5 Å². The number of aromatic amines is 1. The highest BCUT2D eigenvalue weighted by atomic mass is 16.5. The number of aryl methyl sites for hydroxylation is 1. The number of Topliss-reactive ketones (excluding diaryl/α,β-unsaturated/α-hetero) is 2. The van der Waals surface area contributed by atoms with Crippen LogP contribution in [-0.2, 0) is 22.4 Å².